The van der Waals surface area contributed by atoms with E-state index in [2.05, 4.69) is 18.4 Å². The number of piperidine rings is 1. The molecule has 1 aromatic carbocycles. The lowest BCUT2D eigenvalue weighted by Gasteiger charge is -2.60. The largest absolute Gasteiger partial charge is 0.504 e. The summed E-state index contributed by atoms with van der Waals surface area (Å²) in [5, 5.41) is 22.4. The minimum Gasteiger partial charge on any atom is -0.504 e. The van der Waals surface area contributed by atoms with E-state index in [9.17, 15) is 10.2 Å². The van der Waals surface area contributed by atoms with Crippen LogP contribution in [0.5, 0.6) is 11.5 Å². The van der Waals surface area contributed by atoms with Crippen molar-refractivity contribution >= 4 is 0 Å². The van der Waals surface area contributed by atoms with E-state index in [1.807, 2.05) is 13.0 Å². The van der Waals surface area contributed by atoms with Crippen LogP contribution in [-0.2, 0) is 11.8 Å². The maximum atomic E-state index is 11.9. The fourth-order valence-corrected chi connectivity index (χ4v) is 5.90. The van der Waals surface area contributed by atoms with Gasteiger partial charge in [0.1, 0.15) is 6.10 Å². The smallest absolute Gasteiger partial charge is 0.166 e. The molecule has 0 radical (unpaired) electrons. The molecule has 2 aliphatic carbocycles. The van der Waals surface area contributed by atoms with Gasteiger partial charge in [-0.2, -0.15) is 0 Å². The fraction of sp³-hybridized carbons (Fsp3) is 0.636. The molecule has 5 rings (SSSR count). The number of ether oxygens (including phenoxy) is 1. The third-order valence-electron chi connectivity index (χ3n) is 7.57. The minimum absolute atomic E-state index is 0.0931. The summed E-state index contributed by atoms with van der Waals surface area (Å²) in [5.74, 6) is 1.57. The second kappa shape index (κ2) is 5.26. The maximum Gasteiger partial charge on any atom is 0.166 e. The lowest BCUT2D eigenvalue weighted by molar-refractivity contribution is -0.149. The van der Waals surface area contributed by atoms with E-state index < -0.39 is 11.0 Å². The normalized spacial score (nSPS) is 38.0. The van der Waals surface area contributed by atoms with Gasteiger partial charge >= 0.3 is 0 Å². The number of aliphatic hydroxyl groups is 1. The molecule has 2 heterocycles. The van der Waals surface area contributed by atoms with E-state index in [0.717, 1.165) is 49.4 Å². The van der Waals surface area contributed by atoms with Gasteiger partial charge in [0.2, 0.25) is 0 Å². The summed E-state index contributed by atoms with van der Waals surface area (Å²) in [4.78, 5) is 2.52. The minimum atomic E-state index is -0.908. The highest BCUT2D eigenvalue weighted by Gasteiger charge is 2.68. The molecule has 4 atom stereocenters. The monoisotopic (exact) mass is 355 g/mol. The van der Waals surface area contributed by atoms with Gasteiger partial charge in [-0.1, -0.05) is 19.6 Å². The van der Waals surface area contributed by atoms with Crippen molar-refractivity contribution in [3.05, 3.63) is 35.4 Å². The van der Waals surface area contributed by atoms with Gasteiger partial charge in [-0.15, -0.1) is 0 Å². The van der Waals surface area contributed by atoms with Crippen molar-refractivity contribution in [3.63, 3.8) is 0 Å². The molecule has 2 bridgehead atoms. The number of hydrogen-bond donors (Lipinski definition) is 2. The number of phenols is 1. The van der Waals surface area contributed by atoms with Crippen LogP contribution in [0.1, 0.15) is 50.7 Å². The van der Waals surface area contributed by atoms with Crippen molar-refractivity contribution in [3.8, 4) is 11.5 Å². The topological polar surface area (TPSA) is 52.9 Å². The first kappa shape index (κ1) is 16.6. The lowest BCUT2D eigenvalue weighted by atomic mass is 9.52. The number of phenolic OH excluding ortho intramolecular Hbond substituents is 1. The third-order valence-corrected chi connectivity index (χ3v) is 7.57. The molecule has 1 saturated carbocycles. The molecule has 3 unspecified atom stereocenters. The molecule has 0 aromatic heterocycles. The SMILES string of the molecule is C=C(CC)C1Oc2c(O)ccc3c2[C@@]12CCN(CC1CC1)C(C3)C2(C)O. The van der Waals surface area contributed by atoms with Crippen LogP contribution in [0.4, 0.5) is 0 Å². The predicted molar refractivity (Wildman–Crippen MR) is 101 cm³/mol. The first-order valence-electron chi connectivity index (χ1n) is 10.1. The highest BCUT2D eigenvalue weighted by molar-refractivity contribution is 5.62. The average Bonchev–Trinajstić information content (AvgIpc) is 3.34. The van der Waals surface area contributed by atoms with Crippen molar-refractivity contribution in [2.24, 2.45) is 5.92 Å². The molecule has 1 saturated heterocycles. The molecule has 4 heteroatoms. The number of aromatic hydroxyl groups is 1. The Balaban J connectivity index is 1.69. The van der Waals surface area contributed by atoms with Crippen LogP contribution in [-0.4, -0.2) is 45.9 Å². The van der Waals surface area contributed by atoms with Gasteiger partial charge in [0.05, 0.1) is 11.0 Å². The van der Waals surface area contributed by atoms with E-state index in [4.69, 9.17) is 4.74 Å². The quantitative estimate of drug-likeness (QED) is 0.815. The van der Waals surface area contributed by atoms with Crippen LogP contribution in [0.3, 0.4) is 0 Å². The summed E-state index contributed by atoms with van der Waals surface area (Å²) >= 11 is 0. The maximum absolute atomic E-state index is 11.9. The molecule has 26 heavy (non-hydrogen) atoms. The Morgan fingerprint density at radius 3 is 2.85 bits per heavy atom. The Morgan fingerprint density at radius 2 is 2.15 bits per heavy atom. The van der Waals surface area contributed by atoms with Crippen molar-refractivity contribution in [1.29, 1.82) is 0 Å². The average molecular weight is 355 g/mol. The van der Waals surface area contributed by atoms with Gasteiger partial charge in [-0.05, 0) is 68.7 Å². The van der Waals surface area contributed by atoms with Crippen LogP contribution in [0.25, 0.3) is 0 Å². The Morgan fingerprint density at radius 1 is 1.38 bits per heavy atom. The van der Waals surface area contributed by atoms with Gasteiger partial charge in [-0.25, -0.2) is 0 Å². The Hall–Kier alpha value is -1.52. The van der Waals surface area contributed by atoms with Gasteiger partial charge in [-0.3, -0.25) is 4.90 Å². The summed E-state index contributed by atoms with van der Waals surface area (Å²) in [6, 6.07) is 3.88. The zero-order chi connectivity index (χ0) is 18.3. The Kier molecular flexibility index (Phi) is 3.37. The molecular formula is C22H29NO3. The summed E-state index contributed by atoms with van der Waals surface area (Å²) < 4.78 is 6.33. The van der Waals surface area contributed by atoms with Gasteiger partial charge < -0.3 is 14.9 Å². The van der Waals surface area contributed by atoms with Crippen molar-refractivity contribution < 1.29 is 14.9 Å². The van der Waals surface area contributed by atoms with Crippen LogP contribution in [0.2, 0.25) is 0 Å². The van der Waals surface area contributed by atoms with E-state index in [1.165, 1.54) is 18.4 Å². The van der Waals surface area contributed by atoms with E-state index >= 15 is 0 Å². The molecule has 2 N–H and O–H groups in total. The highest BCUT2D eigenvalue weighted by atomic mass is 16.5. The molecule has 4 nitrogen and oxygen atoms in total. The predicted octanol–water partition coefficient (Wildman–Crippen LogP) is 3.15. The third kappa shape index (κ3) is 1.92. The van der Waals surface area contributed by atoms with Crippen LogP contribution in [0, 0.1) is 5.92 Å². The Bertz CT molecular complexity index is 782. The van der Waals surface area contributed by atoms with E-state index in [-0.39, 0.29) is 17.9 Å². The number of rotatable bonds is 4. The van der Waals surface area contributed by atoms with Crippen LogP contribution >= 0.6 is 0 Å². The number of fused-ring (bicyclic) bond motifs is 1. The number of hydrogen-bond acceptors (Lipinski definition) is 4. The van der Waals surface area contributed by atoms with E-state index in [0.29, 0.717) is 5.75 Å². The molecule has 0 amide bonds. The highest BCUT2D eigenvalue weighted by Crippen LogP contribution is 2.63. The number of benzene rings is 1. The van der Waals surface area contributed by atoms with Gasteiger partial charge in [0.15, 0.2) is 11.5 Å². The number of nitrogens with zero attached hydrogens (tertiary/aromatic N) is 1. The zero-order valence-electron chi connectivity index (χ0n) is 15.8. The van der Waals surface area contributed by atoms with Gasteiger partial charge in [0.25, 0.3) is 0 Å². The first-order valence-corrected chi connectivity index (χ1v) is 10.1. The second-order valence-electron chi connectivity index (χ2n) is 8.98. The van der Waals surface area contributed by atoms with Crippen LogP contribution < -0.4 is 4.74 Å². The van der Waals surface area contributed by atoms with Crippen LogP contribution in [0.15, 0.2) is 24.3 Å². The van der Waals surface area contributed by atoms with Crippen molar-refractivity contribution in [1.82, 2.24) is 4.90 Å². The summed E-state index contributed by atoms with van der Waals surface area (Å²) in [6.45, 7) is 10.4. The summed E-state index contributed by atoms with van der Waals surface area (Å²) in [5.41, 5.74) is 1.86. The molecule has 2 aliphatic heterocycles. The molecule has 1 spiro atoms. The van der Waals surface area contributed by atoms with E-state index in [1.54, 1.807) is 6.07 Å². The standard InChI is InChI=1S/C22H29NO3/c1-4-13(2)20-22-9-10-23(12-14-5-6-14)17(21(22,3)25)11-15-7-8-16(24)19(26-20)18(15)22/h7-8,14,17,20,24-25H,2,4-6,9-12H2,1,3H3/t17?,20?,21?,22-/m0/s1. The Labute approximate surface area is 155 Å². The fourth-order valence-electron chi connectivity index (χ4n) is 5.90. The molecule has 4 aliphatic rings. The summed E-state index contributed by atoms with van der Waals surface area (Å²) in [6.07, 6.45) is 4.85. The summed E-state index contributed by atoms with van der Waals surface area (Å²) in [7, 11) is 0. The number of likely N-dealkylation sites (tertiary alicyclic amines) is 1. The molecule has 2 fully saturated rings. The lowest BCUT2D eigenvalue weighted by Crippen LogP contribution is -2.73. The molecular weight excluding hydrogens is 326 g/mol. The molecule has 1 aromatic rings. The first-order chi connectivity index (χ1) is 12.4. The van der Waals surface area contributed by atoms with Crippen molar-refractivity contribution in [2.45, 2.75) is 69.1 Å². The van der Waals surface area contributed by atoms with Crippen molar-refractivity contribution in [2.75, 3.05) is 13.1 Å². The van der Waals surface area contributed by atoms with Gasteiger partial charge in [0, 0.05) is 18.2 Å². The second-order valence-corrected chi connectivity index (χ2v) is 8.98. The molecule has 140 valence electrons. The zero-order valence-corrected chi connectivity index (χ0v) is 15.8.